The van der Waals surface area contributed by atoms with E-state index >= 15 is 0 Å². The molecule has 1 N–H and O–H groups in total. The van der Waals surface area contributed by atoms with Crippen LogP contribution in [0, 0.1) is 0 Å². The van der Waals surface area contributed by atoms with E-state index in [1.165, 1.54) is 0 Å². The van der Waals surface area contributed by atoms with Gasteiger partial charge in [0.1, 0.15) is 11.5 Å². The summed E-state index contributed by atoms with van der Waals surface area (Å²) in [5.74, 6) is 1.19. The number of aliphatic hydroxyl groups is 1. The molecule has 6 nitrogen and oxygen atoms in total. The average molecular weight is 347 g/mol. The fourth-order valence-corrected chi connectivity index (χ4v) is 2.72. The first-order chi connectivity index (χ1) is 12.2. The predicted molar refractivity (Wildman–Crippen MR) is 93.2 cm³/mol. The Balaban J connectivity index is 2.21. The van der Waals surface area contributed by atoms with E-state index in [9.17, 15) is 9.90 Å². The zero-order valence-corrected chi connectivity index (χ0v) is 14.7. The van der Waals surface area contributed by atoms with Crippen LogP contribution in [-0.4, -0.2) is 42.8 Å². The molecule has 25 heavy (non-hydrogen) atoms. The van der Waals surface area contributed by atoms with E-state index in [1.807, 2.05) is 35.2 Å². The van der Waals surface area contributed by atoms with Gasteiger partial charge in [0.2, 0.25) is 0 Å². The second-order valence-electron chi connectivity index (χ2n) is 5.60. The highest BCUT2D eigenvalue weighted by molar-refractivity contribution is 5.71. The monoisotopic (exact) mass is 347 g/mol. The van der Waals surface area contributed by atoms with Crippen LogP contribution in [0.25, 0.3) is 0 Å². The summed E-state index contributed by atoms with van der Waals surface area (Å²) in [4.78, 5) is 14.0. The average Bonchev–Trinajstić information content (AvgIpc) is 3.14. The molecule has 6 heteroatoms. The lowest BCUT2D eigenvalue weighted by molar-refractivity contribution is -0.145. The molecule has 0 aliphatic carbocycles. The van der Waals surface area contributed by atoms with Crippen LogP contribution in [0.1, 0.15) is 30.7 Å². The molecule has 0 spiro atoms. The summed E-state index contributed by atoms with van der Waals surface area (Å²) in [5, 5.41) is 9.46. The minimum Gasteiger partial charge on any atom is -0.497 e. The molecule has 0 unspecified atom stereocenters. The fourth-order valence-electron chi connectivity index (χ4n) is 2.72. The molecule has 0 fully saturated rings. The number of aliphatic hydroxyl groups excluding tert-OH is 1. The second kappa shape index (κ2) is 9.86. The lowest BCUT2D eigenvalue weighted by Gasteiger charge is -2.29. The van der Waals surface area contributed by atoms with Gasteiger partial charge in [-0.2, -0.15) is 0 Å². The highest BCUT2D eigenvalue weighted by Gasteiger charge is 2.25. The lowest BCUT2D eigenvalue weighted by atomic mass is 10.1. The quantitative estimate of drug-likeness (QED) is 0.666. The van der Waals surface area contributed by atoms with Gasteiger partial charge in [-0.05, 0) is 43.2 Å². The molecule has 0 aliphatic rings. The maximum atomic E-state index is 12.0. The van der Waals surface area contributed by atoms with Crippen molar-refractivity contribution < 1.29 is 23.8 Å². The molecule has 1 aromatic heterocycles. The summed E-state index contributed by atoms with van der Waals surface area (Å²) in [6, 6.07) is 11.1. The Morgan fingerprint density at radius 2 is 2.04 bits per heavy atom. The number of benzene rings is 1. The zero-order valence-electron chi connectivity index (χ0n) is 14.7. The van der Waals surface area contributed by atoms with Crippen molar-refractivity contribution in [1.29, 1.82) is 0 Å². The zero-order chi connectivity index (χ0) is 18.1. The van der Waals surface area contributed by atoms with E-state index in [0.29, 0.717) is 25.3 Å². The van der Waals surface area contributed by atoms with Crippen LogP contribution >= 0.6 is 0 Å². The molecule has 136 valence electrons. The Morgan fingerprint density at radius 1 is 1.28 bits per heavy atom. The third kappa shape index (κ3) is 5.62. The number of hydrogen-bond acceptors (Lipinski definition) is 6. The van der Waals surface area contributed by atoms with E-state index in [0.717, 1.165) is 11.3 Å². The number of furan rings is 1. The molecule has 0 aliphatic heterocycles. The first kappa shape index (κ1) is 19.0. The smallest absolute Gasteiger partial charge is 0.320 e. The van der Waals surface area contributed by atoms with Gasteiger partial charge in [0.15, 0.2) is 0 Å². The third-order valence-electron chi connectivity index (χ3n) is 3.90. The van der Waals surface area contributed by atoms with Crippen molar-refractivity contribution in [2.75, 3.05) is 26.9 Å². The largest absolute Gasteiger partial charge is 0.497 e. The van der Waals surface area contributed by atoms with Gasteiger partial charge in [-0.3, -0.25) is 9.69 Å². The molecule has 0 saturated carbocycles. The highest BCUT2D eigenvalue weighted by Crippen LogP contribution is 2.27. The van der Waals surface area contributed by atoms with Gasteiger partial charge in [-0.1, -0.05) is 12.1 Å². The van der Waals surface area contributed by atoms with Gasteiger partial charge in [-0.15, -0.1) is 0 Å². The van der Waals surface area contributed by atoms with Crippen LogP contribution in [-0.2, 0) is 16.1 Å². The van der Waals surface area contributed by atoms with Gasteiger partial charge < -0.3 is 19.0 Å². The van der Waals surface area contributed by atoms with Crippen molar-refractivity contribution in [3.8, 4) is 5.75 Å². The number of nitrogens with zero attached hydrogens (tertiary/aromatic N) is 1. The van der Waals surface area contributed by atoms with E-state index in [1.54, 1.807) is 26.4 Å². The third-order valence-corrected chi connectivity index (χ3v) is 3.90. The van der Waals surface area contributed by atoms with Crippen LogP contribution in [0.4, 0.5) is 0 Å². The standard InChI is InChI=1S/C19H25NO5/c1-3-24-19(22)14-20(13-15-6-8-16(23-2)9-7-15)17(10-11-21)18-5-4-12-25-18/h4-9,12,17,21H,3,10-11,13-14H2,1-2H3/t17-/m0/s1. The molecule has 1 aromatic carbocycles. The topological polar surface area (TPSA) is 72.1 Å². The molecule has 2 aromatic rings. The summed E-state index contributed by atoms with van der Waals surface area (Å²) >= 11 is 0. The molecule has 1 heterocycles. The molecule has 0 saturated heterocycles. The lowest BCUT2D eigenvalue weighted by Crippen LogP contribution is -2.34. The summed E-state index contributed by atoms with van der Waals surface area (Å²) in [7, 11) is 1.62. The van der Waals surface area contributed by atoms with Crippen molar-refractivity contribution in [3.05, 3.63) is 54.0 Å². The Labute approximate surface area is 148 Å². The Hall–Kier alpha value is -2.31. The fraction of sp³-hybridized carbons (Fsp3) is 0.421. The Kier molecular flexibility index (Phi) is 7.50. The molecular weight excluding hydrogens is 322 g/mol. The molecule has 2 rings (SSSR count). The number of esters is 1. The van der Waals surface area contributed by atoms with Crippen molar-refractivity contribution in [2.45, 2.75) is 25.9 Å². The Bertz CT molecular complexity index is 624. The Morgan fingerprint density at radius 3 is 2.60 bits per heavy atom. The molecule has 0 bridgehead atoms. The minimum atomic E-state index is -0.300. The maximum absolute atomic E-state index is 12.0. The van der Waals surface area contributed by atoms with Gasteiger partial charge >= 0.3 is 5.97 Å². The van der Waals surface area contributed by atoms with E-state index in [4.69, 9.17) is 13.9 Å². The van der Waals surface area contributed by atoms with Crippen molar-refractivity contribution in [3.63, 3.8) is 0 Å². The van der Waals surface area contributed by atoms with Crippen LogP contribution in [0.2, 0.25) is 0 Å². The van der Waals surface area contributed by atoms with Crippen molar-refractivity contribution in [2.24, 2.45) is 0 Å². The minimum absolute atomic E-state index is 0.00664. The predicted octanol–water partition coefficient (Wildman–Crippen LogP) is 2.78. The van der Waals surface area contributed by atoms with Crippen LogP contribution in [0.15, 0.2) is 47.1 Å². The van der Waals surface area contributed by atoms with Crippen molar-refractivity contribution >= 4 is 5.97 Å². The molecular formula is C19H25NO5. The van der Waals surface area contributed by atoms with E-state index < -0.39 is 0 Å². The summed E-state index contributed by atoms with van der Waals surface area (Å²) in [6.07, 6.45) is 2.05. The number of carbonyl (C=O) groups excluding carboxylic acids is 1. The molecule has 0 amide bonds. The van der Waals surface area contributed by atoms with E-state index in [2.05, 4.69) is 0 Å². The summed E-state index contributed by atoms with van der Waals surface area (Å²) < 4.78 is 15.8. The second-order valence-corrected chi connectivity index (χ2v) is 5.60. The van der Waals surface area contributed by atoms with Crippen molar-refractivity contribution in [1.82, 2.24) is 4.90 Å². The van der Waals surface area contributed by atoms with Gasteiger partial charge in [0.05, 0.1) is 32.6 Å². The van der Waals surface area contributed by atoms with Gasteiger partial charge in [-0.25, -0.2) is 0 Å². The SMILES string of the molecule is CCOC(=O)CN(Cc1ccc(OC)cc1)[C@@H](CCO)c1ccco1. The molecule has 0 radical (unpaired) electrons. The number of ether oxygens (including phenoxy) is 2. The number of carbonyl (C=O) groups is 1. The first-order valence-electron chi connectivity index (χ1n) is 8.34. The van der Waals surface area contributed by atoms with Crippen LogP contribution in [0.3, 0.4) is 0 Å². The number of rotatable bonds is 10. The highest BCUT2D eigenvalue weighted by atomic mass is 16.5. The van der Waals surface area contributed by atoms with Gasteiger partial charge in [0.25, 0.3) is 0 Å². The van der Waals surface area contributed by atoms with Crippen LogP contribution in [0.5, 0.6) is 5.75 Å². The maximum Gasteiger partial charge on any atom is 0.320 e. The van der Waals surface area contributed by atoms with E-state index in [-0.39, 0.29) is 25.2 Å². The first-order valence-corrected chi connectivity index (χ1v) is 8.34. The number of methoxy groups -OCH3 is 1. The van der Waals surface area contributed by atoms with Crippen LogP contribution < -0.4 is 4.74 Å². The summed E-state index contributed by atoms with van der Waals surface area (Å²) in [6.45, 7) is 2.75. The number of hydrogen-bond donors (Lipinski definition) is 1. The molecule has 1 atom stereocenters. The van der Waals surface area contributed by atoms with Gasteiger partial charge in [0, 0.05) is 13.2 Å². The summed E-state index contributed by atoms with van der Waals surface area (Å²) in [5.41, 5.74) is 1.03. The normalized spacial score (nSPS) is 12.2.